The van der Waals surface area contributed by atoms with E-state index in [2.05, 4.69) is 20.8 Å². The summed E-state index contributed by atoms with van der Waals surface area (Å²) in [5.74, 6) is -3.19. The van der Waals surface area contributed by atoms with Gasteiger partial charge in [-0.2, -0.15) is 4.68 Å². The average Bonchev–Trinajstić information content (AvgIpc) is 2.92. The summed E-state index contributed by atoms with van der Waals surface area (Å²) in [6.45, 7) is 2.73. The molecule has 1 aromatic heterocycles. The summed E-state index contributed by atoms with van der Waals surface area (Å²) in [6, 6.07) is 0.935. The van der Waals surface area contributed by atoms with E-state index in [1.807, 2.05) is 0 Å². The second-order valence-electron chi connectivity index (χ2n) is 4.34. The largest absolute Gasteiger partial charge is 0.383 e. The summed E-state index contributed by atoms with van der Waals surface area (Å²) < 4.78 is 46.2. The van der Waals surface area contributed by atoms with Crippen LogP contribution in [0.2, 0.25) is 0 Å². The van der Waals surface area contributed by atoms with E-state index < -0.39 is 17.5 Å². The van der Waals surface area contributed by atoms with Crippen molar-refractivity contribution in [2.45, 2.75) is 13.0 Å². The molecule has 0 saturated carbocycles. The van der Waals surface area contributed by atoms with Crippen molar-refractivity contribution in [1.29, 1.82) is 0 Å². The summed E-state index contributed by atoms with van der Waals surface area (Å²) in [5.41, 5.74) is -0.382. The minimum absolute atomic E-state index is 0.231. The highest BCUT2D eigenvalue weighted by atomic mass is 19.2. The molecule has 0 amide bonds. The van der Waals surface area contributed by atoms with Crippen LogP contribution >= 0.6 is 0 Å². The first kappa shape index (κ1) is 15.4. The van der Waals surface area contributed by atoms with Gasteiger partial charge in [0.1, 0.15) is 11.5 Å². The van der Waals surface area contributed by atoms with Crippen LogP contribution in [0.1, 0.15) is 18.8 Å². The van der Waals surface area contributed by atoms with E-state index in [9.17, 15) is 13.2 Å². The lowest BCUT2D eigenvalue weighted by Crippen LogP contribution is -2.25. The number of halogens is 3. The molecule has 2 rings (SSSR count). The minimum Gasteiger partial charge on any atom is -0.383 e. The Kier molecular flexibility index (Phi) is 4.86. The first-order chi connectivity index (χ1) is 10.0. The molecule has 0 saturated heterocycles. The number of methoxy groups -OCH3 is 1. The third-order valence-electron chi connectivity index (χ3n) is 2.84. The van der Waals surface area contributed by atoms with Crippen molar-refractivity contribution >= 4 is 0 Å². The normalized spacial score (nSPS) is 12.6. The lowest BCUT2D eigenvalue weighted by atomic mass is 10.2. The van der Waals surface area contributed by atoms with E-state index in [4.69, 9.17) is 4.74 Å². The van der Waals surface area contributed by atoms with Crippen LogP contribution in [-0.4, -0.2) is 40.5 Å². The third-order valence-corrected chi connectivity index (χ3v) is 2.84. The van der Waals surface area contributed by atoms with Crippen molar-refractivity contribution < 1.29 is 17.9 Å². The van der Waals surface area contributed by atoms with Gasteiger partial charge in [-0.3, -0.25) is 0 Å². The van der Waals surface area contributed by atoms with Crippen molar-refractivity contribution in [2.24, 2.45) is 0 Å². The SMILES string of the molecule is COCCNC(C)c1nnnn1-c1cc(F)cc(F)c1F. The zero-order valence-electron chi connectivity index (χ0n) is 11.5. The molecule has 6 nitrogen and oxygen atoms in total. The molecular weight excluding hydrogens is 287 g/mol. The summed E-state index contributed by atoms with van der Waals surface area (Å²) in [7, 11) is 1.56. The molecule has 0 aliphatic rings. The molecule has 114 valence electrons. The molecule has 0 aliphatic heterocycles. The van der Waals surface area contributed by atoms with E-state index in [0.29, 0.717) is 19.2 Å². The number of rotatable bonds is 6. The summed E-state index contributed by atoms with van der Waals surface area (Å²) >= 11 is 0. The summed E-state index contributed by atoms with van der Waals surface area (Å²) in [4.78, 5) is 0. The summed E-state index contributed by atoms with van der Waals surface area (Å²) in [6.07, 6.45) is 0. The fraction of sp³-hybridized carbons (Fsp3) is 0.417. The van der Waals surface area contributed by atoms with E-state index in [1.54, 1.807) is 14.0 Å². The number of benzene rings is 1. The van der Waals surface area contributed by atoms with Crippen molar-refractivity contribution in [2.75, 3.05) is 20.3 Å². The number of ether oxygens (including phenoxy) is 1. The maximum Gasteiger partial charge on any atom is 0.184 e. The lowest BCUT2D eigenvalue weighted by molar-refractivity contribution is 0.196. The van der Waals surface area contributed by atoms with Gasteiger partial charge in [0.15, 0.2) is 17.5 Å². The predicted molar refractivity (Wildman–Crippen MR) is 67.3 cm³/mol. The Bertz CT molecular complexity index is 619. The van der Waals surface area contributed by atoms with Gasteiger partial charge in [0.2, 0.25) is 0 Å². The maximum atomic E-state index is 13.8. The molecule has 0 bridgehead atoms. The van der Waals surface area contributed by atoms with Gasteiger partial charge in [0.25, 0.3) is 0 Å². The first-order valence-corrected chi connectivity index (χ1v) is 6.20. The first-order valence-electron chi connectivity index (χ1n) is 6.20. The number of aromatic nitrogens is 4. The highest BCUT2D eigenvalue weighted by molar-refractivity contribution is 5.34. The maximum absolute atomic E-state index is 13.8. The Morgan fingerprint density at radius 3 is 2.81 bits per heavy atom. The second-order valence-corrected chi connectivity index (χ2v) is 4.34. The van der Waals surface area contributed by atoms with Gasteiger partial charge in [-0.25, -0.2) is 13.2 Å². The topological polar surface area (TPSA) is 64.9 Å². The lowest BCUT2D eigenvalue weighted by Gasteiger charge is -2.13. The van der Waals surface area contributed by atoms with Crippen LogP contribution in [0.5, 0.6) is 0 Å². The van der Waals surface area contributed by atoms with Crippen molar-refractivity contribution in [1.82, 2.24) is 25.5 Å². The Morgan fingerprint density at radius 1 is 1.33 bits per heavy atom. The molecular formula is C12H14F3N5O. The second kappa shape index (κ2) is 6.64. The number of nitrogens with zero attached hydrogens (tertiary/aromatic N) is 4. The molecule has 1 unspecified atom stereocenters. The molecule has 0 fully saturated rings. The van der Waals surface area contributed by atoms with Crippen LogP contribution < -0.4 is 5.32 Å². The highest BCUT2D eigenvalue weighted by Crippen LogP contribution is 2.20. The molecule has 1 aromatic carbocycles. The Labute approximate surface area is 118 Å². The molecule has 1 heterocycles. The van der Waals surface area contributed by atoms with Crippen molar-refractivity contribution in [3.8, 4) is 5.69 Å². The zero-order chi connectivity index (χ0) is 15.4. The average molecular weight is 301 g/mol. The van der Waals surface area contributed by atoms with Gasteiger partial charge >= 0.3 is 0 Å². The third kappa shape index (κ3) is 3.37. The number of hydrogen-bond acceptors (Lipinski definition) is 5. The monoisotopic (exact) mass is 301 g/mol. The van der Waals surface area contributed by atoms with Crippen molar-refractivity contribution in [3.05, 3.63) is 35.4 Å². The van der Waals surface area contributed by atoms with E-state index in [1.165, 1.54) is 0 Å². The fourth-order valence-corrected chi connectivity index (χ4v) is 1.80. The smallest absolute Gasteiger partial charge is 0.184 e. The molecule has 2 aromatic rings. The minimum atomic E-state index is -1.30. The number of nitrogens with one attached hydrogen (secondary N) is 1. The van der Waals surface area contributed by atoms with Gasteiger partial charge in [-0.15, -0.1) is 5.10 Å². The Balaban J connectivity index is 2.32. The standard InChI is InChI=1S/C12H14F3N5O/c1-7(16-3-4-21-2)12-17-18-19-20(12)10-6-8(13)5-9(14)11(10)15/h5-7,16H,3-4H2,1-2H3. The molecule has 21 heavy (non-hydrogen) atoms. The van der Waals surface area contributed by atoms with Crippen LogP contribution in [0.4, 0.5) is 13.2 Å². The fourth-order valence-electron chi connectivity index (χ4n) is 1.80. The molecule has 9 heteroatoms. The van der Waals surface area contributed by atoms with Gasteiger partial charge in [-0.05, 0) is 17.4 Å². The zero-order valence-corrected chi connectivity index (χ0v) is 11.5. The molecule has 0 spiro atoms. The number of tetrazole rings is 1. The van der Waals surface area contributed by atoms with Crippen LogP contribution in [0.25, 0.3) is 5.69 Å². The highest BCUT2D eigenvalue weighted by Gasteiger charge is 2.20. The van der Waals surface area contributed by atoms with Crippen LogP contribution in [0, 0.1) is 17.5 Å². The molecule has 0 radical (unpaired) electrons. The number of hydrogen-bond donors (Lipinski definition) is 1. The van der Waals surface area contributed by atoms with Crippen LogP contribution in [-0.2, 0) is 4.74 Å². The predicted octanol–water partition coefficient (Wildman–Crippen LogP) is 1.38. The van der Waals surface area contributed by atoms with Gasteiger partial charge < -0.3 is 10.1 Å². The van der Waals surface area contributed by atoms with Crippen LogP contribution in [0.3, 0.4) is 0 Å². The van der Waals surface area contributed by atoms with Gasteiger partial charge in [0.05, 0.1) is 12.6 Å². The molecule has 1 N–H and O–H groups in total. The van der Waals surface area contributed by atoms with Gasteiger partial charge in [-0.1, -0.05) is 0 Å². The van der Waals surface area contributed by atoms with E-state index in [0.717, 1.165) is 10.7 Å². The van der Waals surface area contributed by atoms with E-state index >= 15 is 0 Å². The van der Waals surface area contributed by atoms with Crippen LogP contribution in [0.15, 0.2) is 12.1 Å². The molecule has 0 aliphatic carbocycles. The molecule has 1 atom stereocenters. The van der Waals surface area contributed by atoms with E-state index in [-0.39, 0.29) is 17.6 Å². The van der Waals surface area contributed by atoms with Crippen molar-refractivity contribution in [3.63, 3.8) is 0 Å². The Morgan fingerprint density at radius 2 is 2.10 bits per heavy atom. The van der Waals surface area contributed by atoms with Gasteiger partial charge in [0, 0.05) is 25.8 Å². The Hall–Kier alpha value is -2.00. The quantitative estimate of drug-likeness (QED) is 0.645. The summed E-state index contributed by atoms with van der Waals surface area (Å²) in [5, 5.41) is 13.8.